The van der Waals surface area contributed by atoms with E-state index in [1.54, 1.807) is 19.1 Å². The average molecular weight is 250 g/mol. The quantitative estimate of drug-likeness (QED) is 0.633. The Labute approximate surface area is 106 Å². The molecule has 1 saturated carbocycles. The minimum atomic E-state index is -0.349. The molecule has 1 unspecified atom stereocenters. The van der Waals surface area contributed by atoms with Crippen LogP contribution in [0.4, 0.5) is 5.69 Å². The van der Waals surface area contributed by atoms with Crippen LogP contribution in [0.1, 0.15) is 36.9 Å². The highest BCUT2D eigenvalue weighted by Gasteiger charge is 2.28. The summed E-state index contributed by atoms with van der Waals surface area (Å²) in [6.45, 7) is 3.72. The molecule has 0 amide bonds. The van der Waals surface area contributed by atoms with E-state index < -0.39 is 0 Å². The zero-order valence-corrected chi connectivity index (χ0v) is 10.6. The highest BCUT2D eigenvalue weighted by molar-refractivity contribution is 5.43. The molecule has 98 valence electrons. The summed E-state index contributed by atoms with van der Waals surface area (Å²) < 4.78 is 0. The van der Waals surface area contributed by atoms with Crippen molar-refractivity contribution in [2.24, 2.45) is 0 Å². The maximum Gasteiger partial charge on any atom is 0.272 e. The summed E-state index contributed by atoms with van der Waals surface area (Å²) in [4.78, 5) is 10.5. The number of hydrogen-bond acceptors (Lipinski definition) is 4. The molecule has 0 aliphatic heterocycles. The fourth-order valence-electron chi connectivity index (χ4n) is 2.27. The van der Waals surface area contributed by atoms with Crippen LogP contribution in [0.3, 0.4) is 0 Å². The highest BCUT2D eigenvalue weighted by Crippen LogP contribution is 2.26. The second-order valence-electron chi connectivity index (χ2n) is 5.01. The predicted molar refractivity (Wildman–Crippen MR) is 68.4 cm³/mol. The molecule has 1 aliphatic carbocycles. The van der Waals surface area contributed by atoms with Gasteiger partial charge in [0.05, 0.1) is 11.0 Å². The summed E-state index contributed by atoms with van der Waals surface area (Å²) in [6, 6.07) is 5.69. The lowest BCUT2D eigenvalue weighted by atomic mass is 9.88. The van der Waals surface area contributed by atoms with E-state index in [2.05, 4.69) is 5.32 Å². The molecule has 5 nitrogen and oxygen atoms in total. The number of nitrogens with zero attached hydrogens (tertiary/aromatic N) is 1. The third-order valence-corrected chi connectivity index (χ3v) is 3.53. The smallest absolute Gasteiger partial charge is 0.272 e. The maximum atomic E-state index is 10.9. The Morgan fingerprint density at radius 3 is 2.72 bits per heavy atom. The van der Waals surface area contributed by atoms with Gasteiger partial charge in [0.25, 0.3) is 5.69 Å². The van der Waals surface area contributed by atoms with Crippen molar-refractivity contribution in [1.29, 1.82) is 0 Å². The van der Waals surface area contributed by atoms with E-state index >= 15 is 0 Å². The van der Waals surface area contributed by atoms with Crippen LogP contribution < -0.4 is 5.32 Å². The molecule has 18 heavy (non-hydrogen) atoms. The third-order valence-electron chi connectivity index (χ3n) is 3.53. The molecule has 2 rings (SSSR count). The van der Waals surface area contributed by atoms with Crippen LogP contribution in [-0.4, -0.2) is 22.2 Å². The number of aliphatic hydroxyl groups is 1. The lowest BCUT2D eigenvalue weighted by molar-refractivity contribution is -0.385. The molecule has 1 fully saturated rings. The maximum absolute atomic E-state index is 10.9. The molecule has 2 N–H and O–H groups in total. The Balaban J connectivity index is 2.08. The first kappa shape index (κ1) is 13.0. The molecular formula is C13H18N2O3. The van der Waals surface area contributed by atoms with Crippen LogP contribution in [0.5, 0.6) is 0 Å². The Kier molecular flexibility index (Phi) is 3.63. The number of nitrogens with one attached hydrogen (secondary N) is 1. The van der Waals surface area contributed by atoms with Gasteiger partial charge in [-0.05, 0) is 32.3 Å². The van der Waals surface area contributed by atoms with E-state index in [-0.39, 0.29) is 22.8 Å². The lowest BCUT2D eigenvalue weighted by Gasteiger charge is -2.34. The van der Waals surface area contributed by atoms with Crippen molar-refractivity contribution in [3.05, 3.63) is 39.4 Å². The molecule has 0 radical (unpaired) electrons. The Morgan fingerprint density at radius 1 is 1.50 bits per heavy atom. The van der Waals surface area contributed by atoms with Crippen LogP contribution >= 0.6 is 0 Å². The molecule has 0 spiro atoms. The summed E-state index contributed by atoms with van der Waals surface area (Å²) in [7, 11) is 0. The number of nitro groups is 1. The Bertz CT molecular complexity index is 456. The first-order valence-electron chi connectivity index (χ1n) is 6.16. The number of aryl methyl sites for hydroxylation is 1. The summed E-state index contributed by atoms with van der Waals surface area (Å²) >= 11 is 0. The SMILES string of the molecule is Cc1ccc(C(C)NC2CC(O)C2)cc1[N+](=O)[O-]. The van der Waals surface area contributed by atoms with Crippen molar-refractivity contribution in [1.82, 2.24) is 5.32 Å². The average Bonchev–Trinajstić information content (AvgIpc) is 2.27. The van der Waals surface area contributed by atoms with Gasteiger partial charge in [0.1, 0.15) is 0 Å². The fraction of sp³-hybridized carbons (Fsp3) is 0.538. The molecule has 5 heteroatoms. The first-order valence-corrected chi connectivity index (χ1v) is 6.16. The van der Waals surface area contributed by atoms with Gasteiger partial charge >= 0.3 is 0 Å². The van der Waals surface area contributed by atoms with Gasteiger partial charge in [0.2, 0.25) is 0 Å². The van der Waals surface area contributed by atoms with Gasteiger partial charge in [-0.15, -0.1) is 0 Å². The van der Waals surface area contributed by atoms with Crippen molar-refractivity contribution >= 4 is 5.69 Å². The monoisotopic (exact) mass is 250 g/mol. The van der Waals surface area contributed by atoms with E-state index in [1.807, 2.05) is 13.0 Å². The minimum Gasteiger partial charge on any atom is -0.393 e. The van der Waals surface area contributed by atoms with Gasteiger partial charge in [-0.3, -0.25) is 10.1 Å². The number of benzene rings is 1. The fourth-order valence-corrected chi connectivity index (χ4v) is 2.27. The van der Waals surface area contributed by atoms with Crippen molar-refractivity contribution in [2.45, 2.75) is 44.9 Å². The molecule has 1 aromatic carbocycles. The van der Waals surface area contributed by atoms with Gasteiger partial charge in [0.15, 0.2) is 0 Å². The number of aliphatic hydroxyl groups excluding tert-OH is 1. The van der Waals surface area contributed by atoms with Crippen LogP contribution in [-0.2, 0) is 0 Å². The molecule has 1 aromatic rings. The Hall–Kier alpha value is -1.46. The summed E-state index contributed by atoms with van der Waals surface area (Å²) in [5.41, 5.74) is 1.75. The standard InChI is InChI=1S/C13H18N2O3/c1-8-3-4-10(5-13(8)15(17)18)9(2)14-11-6-12(16)7-11/h3-5,9,11-12,14,16H,6-7H2,1-2H3. The van der Waals surface area contributed by atoms with E-state index in [0.29, 0.717) is 11.6 Å². The predicted octanol–water partition coefficient (Wildman–Crippen LogP) is 2.08. The van der Waals surface area contributed by atoms with Crippen molar-refractivity contribution in [3.8, 4) is 0 Å². The van der Waals surface area contributed by atoms with Crippen molar-refractivity contribution in [3.63, 3.8) is 0 Å². The molecule has 1 atom stereocenters. The molecule has 0 aromatic heterocycles. The van der Waals surface area contributed by atoms with Gasteiger partial charge < -0.3 is 10.4 Å². The second kappa shape index (κ2) is 5.04. The highest BCUT2D eigenvalue weighted by atomic mass is 16.6. The van der Waals surface area contributed by atoms with E-state index in [0.717, 1.165) is 18.4 Å². The van der Waals surface area contributed by atoms with E-state index in [4.69, 9.17) is 0 Å². The molecule has 0 saturated heterocycles. The normalized spacial score (nSPS) is 24.4. The van der Waals surface area contributed by atoms with Crippen molar-refractivity contribution in [2.75, 3.05) is 0 Å². The molecule has 0 bridgehead atoms. The third kappa shape index (κ3) is 2.68. The minimum absolute atomic E-state index is 0.0572. The number of hydrogen-bond donors (Lipinski definition) is 2. The summed E-state index contributed by atoms with van der Waals surface area (Å²) in [5, 5.41) is 23.5. The number of rotatable bonds is 4. The van der Waals surface area contributed by atoms with Gasteiger partial charge in [-0.25, -0.2) is 0 Å². The topological polar surface area (TPSA) is 75.4 Å². The molecular weight excluding hydrogens is 232 g/mol. The van der Waals surface area contributed by atoms with E-state index in [1.165, 1.54) is 0 Å². The Morgan fingerprint density at radius 2 is 2.17 bits per heavy atom. The van der Waals surface area contributed by atoms with Gasteiger partial charge in [-0.2, -0.15) is 0 Å². The van der Waals surface area contributed by atoms with E-state index in [9.17, 15) is 15.2 Å². The van der Waals surface area contributed by atoms with Crippen LogP contribution in [0, 0.1) is 17.0 Å². The summed E-state index contributed by atoms with van der Waals surface area (Å²) in [5.74, 6) is 0. The number of nitro benzene ring substituents is 1. The van der Waals surface area contributed by atoms with Crippen LogP contribution in [0.15, 0.2) is 18.2 Å². The summed E-state index contributed by atoms with van der Waals surface area (Å²) in [6.07, 6.45) is 1.33. The largest absolute Gasteiger partial charge is 0.393 e. The first-order chi connectivity index (χ1) is 8.47. The van der Waals surface area contributed by atoms with Gasteiger partial charge in [0, 0.05) is 23.7 Å². The molecule has 1 aliphatic rings. The van der Waals surface area contributed by atoms with Crippen LogP contribution in [0.2, 0.25) is 0 Å². The lowest BCUT2D eigenvalue weighted by Crippen LogP contribution is -2.45. The van der Waals surface area contributed by atoms with Crippen molar-refractivity contribution < 1.29 is 10.0 Å². The zero-order chi connectivity index (χ0) is 13.3. The van der Waals surface area contributed by atoms with Gasteiger partial charge in [-0.1, -0.05) is 12.1 Å². The van der Waals surface area contributed by atoms with Crippen LogP contribution in [0.25, 0.3) is 0 Å². The second-order valence-corrected chi connectivity index (χ2v) is 5.01. The molecule has 0 heterocycles. The zero-order valence-electron chi connectivity index (χ0n) is 10.6.